The molecule has 0 radical (unpaired) electrons. The van der Waals surface area contributed by atoms with Crippen LogP contribution in [0.25, 0.3) is 0 Å². The van der Waals surface area contributed by atoms with Gasteiger partial charge in [0.15, 0.2) is 5.79 Å². The van der Waals surface area contributed by atoms with Gasteiger partial charge in [0.2, 0.25) is 0 Å². The van der Waals surface area contributed by atoms with Crippen LogP contribution in [0.5, 0.6) is 5.75 Å². The summed E-state index contributed by atoms with van der Waals surface area (Å²) in [6.07, 6.45) is 2.98. The highest BCUT2D eigenvalue weighted by molar-refractivity contribution is 7.50. The van der Waals surface area contributed by atoms with Crippen molar-refractivity contribution in [3.05, 3.63) is 53.8 Å². The first-order valence-corrected chi connectivity index (χ1v) is 8.10. The van der Waals surface area contributed by atoms with E-state index in [2.05, 4.69) is 4.76 Å². The van der Waals surface area contributed by atoms with Crippen LogP contribution in [0.3, 0.4) is 0 Å². The minimum atomic E-state index is -4.82. The predicted octanol–water partition coefficient (Wildman–Crippen LogP) is 0.777. The fourth-order valence-corrected chi connectivity index (χ4v) is 2.78. The van der Waals surface area contributed by atoms with E-state index in [0.29, 0.717) is 5.56 Å². The third kappa shape index (κ3) is 4.75. The third-order valence-electron chi connectivity index (χ3n) is 3.19. The minimum Gasteiger partial charge on any atom is -0.508 e. The van der Waals surface area contributed by atoms with Crippen LogP contribution in [0.1, 0.15) is 5.56 Å². The number of nitrogens with zero attached hydrogens (tertiary/aromatic N) is 1. The molecule has 0 bridgehead atoms. The molecule has 1 atom stereocenters. The molecule has 23 heavy (non-hydrogen) atoms. The molecule has 0 saturated carbocycles. The molecule has 6 N–H and O–H groups in total. The van der Waals surface area contributed by atoms with E-state index in [-0.39, 0.29) is 23.6 Å². The largest absolute Gasteiger partial charge is 0.508 e. The van der Waals surface area contributed by atoms with Crippen LogP contribution < -0.4 is 0 Å². The molecule has 1 aromatic rings. The SMILES string of the molecule is O=P(O)(O)N=C1C=C(O)C=CC1C(O)(O)Cc1cccc(O)c1. The number of aromatic hydroxyl groups is 1. The lowest BCUT2D eigenvalue weighted by Gasteiger charge is -2.31. The maximum atomic E-state index is 11.1. The first-order valence-electron chi connectivity index (χ1n) is 6.54. The van der Waals surface area contributed by atoms with E-state index in [1.54, 1.807) is 6.07 Å². The van der Waals surface area contributed by atoms with Gasteiger partial charge in [-0.15, -0.1) is 0 Å². The summed E-state index contributed by atoms with van der Waals surface area (Å²) >= 11 is 0. The van der Waals surface area contributed by atoms with Gasteiger partial charge in [0.1, 0.15) is 11.5 Å². The maximum Gasteiger partial charge on any atom is 0.448 e. The molecule has 2 rings (SSSR count). The van der Waals surface area contributed by atoms with Crippen molar-refractivity contribution in [1.82, 2.24) is 0 Å². The van der Waals surface area contributed by atoms with Crippen molar-refractivity contribution in [2.24, 2.45) is 10.7 Å². The van der Waals surface area contributed by atoms with Crippen LogP contribution in [0.15, 0.2) is 53.0 Å². The average molecular weight is 341 g/mol. The molecule has 0 fully saturated rings. The van der Waals surface area contributed by atoms with Gasteiger partial charge in [-0.1, -0.05) is 18.2 Å². The second-order valence-electron chi connectivity index (χ2n) is 5.17. The normalized spacial score (nSPS) is 20.6. The average Bonchev–Trinajstić information content (AvgIpc) is 2.35. The van der Waals surface area contributed by atoms with Gasteiger partial charge < -0.3 is 30.2 Å². The number of benzene rings is 1. The van der Waals surface area contributed by atoms with Crippen LogP contribution in [-0.4, -0.2) is 41.7 Å². The second kappa shape index (κ2) is 6.27. The van der Waals surface area contributed by atoms with Crippen LogP contribution >= 0.6 is 7.75 Å². The van der Waals surface area contributed by atoms with Crippen molar-refractivity contribution < 1.29 is 34.8 Å². The van der Waals surface area contributed by atoms with Crippen molar-refractivity contribution in [2.75, 3.05) is 0 Å². The molecule has 0 aliphatic heterocycles. The van der Waals surface area contributed by atoms with E-state index in [1.165, 1.54) is 30.4 Å². The molecule has 0 spiro atoms. The zero-order valence-electron chi connectivity index (χ0n) is 11.8. The predicted molar refractivity (Wildman–Crippen MR) is 81.8 cm³/mol. The lowest BCUT2D eigenvalue weighted by Crippen LogP contribution is -2.43. The van der Waals surface area contributed by atoms with E-state index in [9.17, 15) is 25.0 Å². The van der Waals surface area contributed by atoms with Crippen molar-refractivity contribution in [2.45, 2.75) is 12.2 Å². The zero-order valence-corrected chi connectivity index (χ0v) is 12.7. The fourth-order valence-electron chi connectivity index (χ4n) is 2.29. The summed E-state index contributed by atoms with van der Waals surface area (Å²) in [6.45, 7) is 0. The number of aliphatic hydroxyl groups excluding tert-OH is 1. The van der Waals surface area contributed by atoms with Gasteiger partial charge in [-0.25, -0.2) is 4.57 Å². The Labute approximate surface area is 131 Å². The standard InChI is InChI=1S/C14H16NO7P/c16-10-3-1-2-9(6-10)8-14(18,19)12-5-4-11(17)7-13(12)15-23(20,21)22/h1-7,12,16-19H,8H2,(H2,20,21,22). The smallest absolute Gasteiger partial charge is 0.448 e. The summed E-state index contributed by atoms with van der Waals surface area (Å²) in [5, 5.41) is 39.5. The zero-order chi connectivity index (χ0) is 17.3. The van der Waals surface area contributed by atoms with Gasteiger partial charge in [-0.3, -0.25) is 0 Å². The molecule has 0 amide bonds. The van der Waals surface area contributed by atoms with Crippen molar-refractivity contribution in [1.29, 1.82) is 0 Å². The molecule has 0 heterocycles. The van der Waals surface area contributed by atoms with Gasteiger partial charge >= 0.3 is 7.75 Å². The van der Waals surface area contributed by atoms with E-state index >= 15 is 0 Å². The van der Waals surface area contributed by atoms with Crippen LogP contribution in [0, 0.1) is 5.92 Å². The first-order chi connectivity index (χ1) is 10.6. The maximum absolute atomic E-state index is 11.1. The number of phenols is 1. The molecule has 124 valence electrons. The van der Waals surface area contributed by atoms with Gasteiger partial charge in [-0.2, -0.15) is 4.76 Å². The Hall–Kier alpha value is -1.96. The molecule has 1 aromatic carbocycles. The summed E-state index contributed by atoms with van der Waals surface area (Å²) < 4.78 is 14.2. The lowest BCUT2D eigenvalue weighted by atomic mass is 9.85. The molecule has 8 nitrogen and oxygen atoms in total. The quantitative estimate of drug-likeness (QED) is 0.350. The molecule has 0 aromatic heterocycles. The Bertz CT molecular complexity index is 732. The Morgan fingerprint density at radius 3 is 2.52 bits per heavy atom. The lowest BCUT2D eigenvalue weighted by molar-refractivity contribution is -0.172. The second-order valence-corrected chi connectivity index (χ2v) is 6.40. The first kappa shape index (κ1) is 17.4. The Morgan fingerprint density at radius 1 is 1.22 bits per heavy atom. The molecular weight excluding hydrogens is 325 g/mol. The number of allylic oxidation sites excluding steroid dienone is 2. The van der Waals surface area contributed by atoms with E-state index in [4.69, 9.17) is 9.79 Å². The minimum absolute atomic E-state index is 0.0564. The molecular formula is C14H16NO7P. The summed E-state index contributed by atoms with van der Waals surface area (Å²) in [5.74, 6) is -4.08. The van der Waals surface area contributed by atoms with Gasteiger partial charge in [0.05, 0.1) is 11.6 Å². The molecule has 9 heteroatoms. The van der Waals surface area contributed by atoms with Crippen molar-refractivity contribution in [3.8, 4) is 5.75 Å². The number of hydrogen-bond donors (Lipinski definition) is 6. The van der Waals surface area contributed by atoms with Gasteiger partial charge in [0.25, 0.3) is 0 Å². The van der Waals surface area contributed by atoms with Crippen molar-refractivity contribution in [3.63, 3.8) is 0 Å². The Kier molecular flexibility index (Phi) is 4.74. The number of hydrogen-bond acceptors (Lipinski definition) is 5. The van der Waals surface area contributed by atoms with Gasteiger partial charge in [-0.05, 0) is 23.8 Å². The Balaban J connectivity index is 2.35. The topological polar surface area (TPSA) is 151 Å². The highest BCUT2D eigenvalue weighted by atomic mass is 31.2. The fraction of sp³-hybridized carbons (Fsp3) is 0.214. The van der Waals surface area contributed by atoms with Crippen LogP contribution in [0.2, 0.25) is 0 Å². The van der Waals surface area contributed by atoms with Crippen molar-refractivity contribution >= 4 is 13.5 Å². The summed E-state index contributed by atoms with van der Waals surface area (Å²) in [4.78, 5) is 17.9. The van der Waals surface area contributed by atoms with E-state index in [1.807, 2.05) is 0 Å². The summed E-state index contributed by atoms with van der Waals surface area (Å²) in [6, 6.07) is 5.83. The Morgan fingerprint density at radius 2 is 1.91 bits per heavy atom. The van der Waals surface area contributed by atoms with E-state index in [0.717, 1.165) is 6.08 Å². The number of rotatable bonds is 4. The number of phenolic OH excluding ortho intramolecular Hbond substituents is 1. The molecule has 1 aliphatic rings. The monoisotopic (exact) mass is 341 g/mol. The highest BCUT2D eigenvalue weighted by Crippen LogP contribution is 2.39. The van der Waals surface area contributed by atoms with E-state index < -0.39 is 19.5 Å². The third-order valence-corrected chi connectivity index (χ3v) is 3.68. The molecule has 1 aliphatic carbocycles. The summed E-state index contributed by atoms with van der Waals surface area (Å²) in [7, 11) is -4.82. The highest BCUT2D eigenvalue weighted by Gasteiger charge is 2.38. The summed E-state index contributed by atoms with van der Waals surface area (Å²) in [5.41, 5.74) is 0.0428. The number of aliphatic hydroxyl groups is 3. The molecule has 1 unspecified atom stereocenters. The molecule has 0 saturated heterocycles. The van der Waals surface area contributed by atoms with Crippen LogP contribution in [-0.2, 0) is 11.0 Å². The van der Waals surface area contributed by atoms with Crippen LogP contribution in [0.4, 0.5) is 0 Å². The van der Waals surface area contributed by atoms with Gasteiger partial charge in [0, 0.05) is 12.5 Å².